The number of carbonyl (C=O) groups is 2. The van der Waals surface area contributed by atoms with Gasteiger partial charge < -0.3 is 20.1 Å². The summed E-state index contributed by atoms with van der Waals surface area (Å²) in [5.74, 6) is 0.416. The molecule has 4 fully saturated rings. The molecule has 5 rings (SSSR count). The van der Waals surface area contributed by atoms with Gasteiger partial charge in [-0.05, 0) is 64.5 Å². The van der Waals surface area contributed by atoms with E-state index in [2.05, 4.69) is 24.5 Å². The van der Waals surface area contributed by atoms with Crippen LogP contribution in [-0.2, 0) is 32.2 Å². The second-order valence-corrected chi connectivity index (χ2v) is 10.8. The van der Waals surface area contributed by atoms with Crippen molar-refractivity contribution in [1.29, 1.82) is 0 Å². The van der Waals surface area contributed by atoms with E-state index in [4.69, 9.17) is 9.47 Å². The van der Waals surface area contributed by atoms with Crippen LogP contribution in [0.3, 0.4) is 0 Å². The first-order valence-corrected chi connectivity index (χ1v) is 11.6. The van der Waals surface area contributed by atoms with Gasteiger partial charge in [0.05, 0.1) is 36.5 Å². The van der Waals surface area contributed by atoms with Crippen molar-refractivity contribution in [1.82, 2.24) is 10.6 Å². The van der Waals surface area contributed by atoms with E-state index in [1.165, 1.54) is 0 Å². The van der Waals surface area contributed by atoms with Gasteiger partial charge in [0.1, 0.15) is 0 Å². The average Bonchev–Trinajstić information content (AvgIpc) is 3.51. The van der Waals surface area contributed by atoms with E-state index in [0.717, 1.165) is 48.3 Å². The van der Waals surface area contributed by atoms with Crippen LogP contribution in [0.25, 0.3) is 0 Å². The molecule has 0 aromatic carbocycles. The van der Waals surface area contributed by atoms with Crippen molar-refractivity contribution in [2.24, 2.45) is 11.8 Å². The Balaban J connectivity index is 1.04. The predicted octanol–water partition coefficient (Wildman–Crippen LogP) is 2.90. The van der Waals surface area contributed by atoms with Crippen LogP contribution in [0.4, 0.5) is 0 Å². The van der Waals surface area contributed by atoms with Crippen molar-refractivity contribution >= 4 is 23.2 Å². The molecule has 0 spiro atoms. The zero-order chi connectivity index (χ0) is 20.2. The first kappa shape index (κ1) is 19.5. The van der Waals surface area contributed by atoms with E-state index in [9.17, 15) is 9.59 Å². The highest BCUT2D eigenvalue weighted by Crippen LogP contribution is 2.50. The number of thiophene rings is 1. The molecule has 6 nitrogen and oxygen atoms in total. The average molecular weight is 419 g/mol. The maximum absolute atomic E-state index is 12.5. The zero-order valence-corrected chi connectivity index (χ0v) is 18.0. The monoisotopic (exact) mass is 418 g/mol. The zero-order valence-electron chi connectivity index (χ0n) is 17.2. The van der Waals surface area contributed by atoms with Crippen LogP contribution < -0.4 is 10.6 Å². The molecule has 0 bridgehead atoms. The largest absolute Gasteiger partial charge is 0.366 e. The van der Waals surface area contributed by atoms with Gasteiger partial charge in [0.15, 0.2) is 0 Å². The fourth-order valence-corrected chi connectivity index (χ4v) is 5.91. The number of rotatable bonds is 6. The van der Waals surface area contributed by atoms with Crippen molar-refractivity contribution in [2.45, 2.75) is 88.9 Å². The Morgan fingerprint density at radius 2 is 1.38 bits per heavy atom. The molecule has 3 heterocycles. The molecule has 6 atom stereocenters. The second kappa shape index (κ2) is 7.06. The minimum absolute atomic E-state index is 0.0485. The van der Waals surface area contributed by atoms with Gasteiger partial charge in [-0.2, -0.15) is 0 Å². The number of hydrogen-bond donors (Lipinski definition) is 2. The molecular formula is C22H30N2O4S. The summed E-state index contributed by atoms with van der Waals surface area (Å²) in [5.41, 5.74) is 0.0969. The Bertz CT molecular complexity index is 761. The van der Waals surface area contributed by atoms with Crippen molar-refractivity contribution < 1.29 is 19.1 Å². The molecule has 2 saturated heterocycles. The highest BCUT2D eigenvalue weighted by atomic mass is 32.1. The van der Waals surface area contributed by atoms with Gasteiger partial charge in [0.25, 0.3) is 0 Å². The number of fused-ring (bicyclic) bond motifs is 2. The summed E-state index contributed by atoms with van der Waals surface area (Å²) in [6.45, 7) is 5.39. The van der Waals surface area contributed by atoms with E-state index in [1.54, 1.807) is 11.3 Å². The molecule has 0 radical (unpaired) electrons. The standard InChI is InChI=1S/C22H30N2O4S/c1-21-7-5-13(9-17(21)27-21)19(25)23-11-15-3-4-16(29-15)12-24-20(26)14-6-8-22(2)18(10-14)28-22/h3-4,13-14,17-18H,5-12H2,1-2H3,(H,23,25)(H,24,26). The lowest BCUT2D eigenvalue weighted by atomic mass is 9.82. The van der Waals surface area contributed by atoms with Crippen LogP contribution in [0.15, 0.2) is 12.1 Å². The smallest absolute Gasteiger partial charge is 0.223 e. The molecule has 4 aliphatic rings. The van der Waals surface area contributed by atoms with E-state index >= 15 is 0 Å². The lowest BCUT2D eigenvalue weighted by molar-refractivity contribution is -0.126. The number of carbonyl (C=O) groups excluding carboxylic acids is 2. The second-order valence-electron chi connectivity index (χ2n) is 9.58. The van der Waals surface area contributed by atoms with Crippen molar-refractivity contribution in [3.63, 3.8) is 0 Å². The topological polar surface area (TPSA) is 83.3 Å². The third kappa shape index (κ3) is 3.97. The van der Waals surface area contributed by atoms with Gasteiger partial charge >= 0.3 is 0 Å². The summed E-state index contributed by atoms with van der Waals surface area (Å²) in [6.07, 6.45) is 6.01. The summed E-state index contributed by atoms with van der Waals surface area (Å²) in [6, 6.07) is 4.08. The summed E-state index contributed by atoms with van der Waals surface area (Å²) in [7, 11) is 0. The number of hydrogen-bond acceptors (Lipinski definition) is 5. The van der Waals surface area contributed by atoms with Crippen molar-refractivity contribution in [3.8, 4) is 0 Å². The van der Waals surface area contributed by atoms with Gasteiger partial charge in [-0.1, -0.05) is 0 Å². The highest BCUT2D eigenvalue weighted by molar-refractivity contribution is 7.11. The Morgan fingerprint density at radius 1 is 0.931 bits per heavy atom. The molecule has 2 N–H and O–H groups in total. The molecule has 2 aliphatic heterocycles. The van der Waals surface area contributed by atoms with Crippen molar-refractivity contribution in [2.75, 3.05) is 0 Å². The molecule has 1 aromatic heterocycles. The number of nitrogens with one attached hydrogen (secondary N) is 2. The van der Waals surface area contributed by atoms with Crippen LogP contribution in [0.2, 0.25) is 0 Å². The predicted molar refractivity (Wildman–Crippen MR) is 109 cm³/mol. The summed E-state index contributed by atoms with van der Waals surface area (Å²) >= 11 is 1.65. The lowest BCUT2D eigenvalue weighted by Gasteiger charge is -2.21. The Labute approximate surface area is 175 Å². The molecular weight excluding hydrogens is 388 g/mol. The maximum atomic E-state index is 12.5. The maximum Gasteiger partial charge on any atom is 0.223 e. The van der Waals surface area contributed by atoms with Gasteiger partial charge in [0, 0.05) is 21.6 Å². The molecule has 6 unspecified atom stereocenters. The van der Waals surface area contributed by atoms with Crippen LogP contribution >= 0.6 is 11.3 Å². The van der Waals surface area contributed by atoms with Crippen LogP contribution in [0.1, 0.15) is 62.1 Å². The van der Waals surface area contributed by atoms with Crippen LogP contribution in [-0.4, -0.2) is 35.2 Å². The molecule has 2 amide bonds. The van der Waals surface area contributed by atoms with Gasteiger partial charge in [-0.15, -0.1) is 11.3 Å². The number of amides is 2. The summed E-state index contributed by atoms with van der Waals surface area (Å²) in [4.78, 5) is 27.2. The minimum Gasteiger partial charge on any atom is -0.366 e. The fraction of sp³-hybridized carbons (Fsp3) is 0.727. The molecule has 29 heavy (non-hydrogen) atoms. The number of ether oxygens (including phenoxy) is 2. The quantitative estimate of drug-likeness (QED) is 0.696. The third-order valence-corrected chi connectivity index (χ3v) is 8.46. The lowest BCUT2D eigenvalue weighted by Crippen LogP contribution is -2.34. The van der Waals surface area contributed by atoms with Crippen molar-refractivity contribution in [3.05, 3.63) is 21.9 Å². The van der Waals surface area contributed by atoms with Crippen LogP contribution in [0, 0.1) is 11.8 Å². The van der Waals surface area contributed by atoms with E-state index < -0.39 is 0 Å². The third-order valence-electron chi connectivity index (χ3n) is 7.38. The SMILES string of the molecule is CC12CCC(C(=O)NCc3ccc(CNC(=O)C4CCC5(C)OC5C4)s3)CC1O2. The molecule has 2 aliphatic carbocycles. The Hall–Kier alpha value is -1.44. The molecule has 7 heteroatoms. The van der Waals surface area contributed by atoms with Crippen LogP contribution in [0.5, 0.6) is 0 Å². The normalized spacial score (nSPS) is 39.8. The van der Waals surface area contributed by atoms with Gasteiger partial charge in [-0.25, -0.2) is 0 Å². The van der Waals surface area contributed by atoms with E-state index in [1.807, 2.05) is 12.1 Å². The molecule has 158 valence electrons. The fourth-order valence-electron chi connectivity index (χ4n) is 5.02. The van der Waals surface area contributed by atoms with Gasteiger partial charge in [-0.3, -0.25) is 9.59 Å². The Morgan fingerprint density at radius 3 is 1.79 bits per heavy atom. The molecule has 2 saturated carbocycles. The number of epoxide rings is 2. The highest BCUT2D eigenvalue weighted by Gasteiger charge is 2.57. The first-order chi connectivity index (χ1) is 13.8. The first-order valence-electron chi connectivity index (χ1n) is 10.8. The van der Waals surface area contributed by atoms with Gasteiger partial charge in [0.2, 0.25) is 11.8 Å². The minimum atomic E-state index is 0.0485. The Kier molecular flexibility index (Phi) is 4.76. The summed E-state index contributed by atoms with van der Waals surface area (Å²) < 4.78 is 11.4. The summed E-state index contributed by atoms with van der Waals surface area (Å²) in [5, 5.41) is 6.16. The molecule has 1 aromatic rings. The van der Waals surface area contributed by atoms with E-state index in [-0.39, 0.29) is 47.1 Å². The van der Waals surface area contributed by atoms with E-state index in [0.29, 0.717) is 13.1 Å².